The number of hydrogen-bond acceptors (Lipinski definition) is 3. The Hall–Kier alpha value is -1.23. The Kier molecular flexibility index (Phi) is 2.74. The van der Waals surface area contributed by atoms with E-state index in [1.807, 2.05) is 0 Å². The van der Waals surface area contributed by atoms with E-state index in [0.29, 0.717) is 10.6 Å². The van der Waals surface area contributed by atoms with Gasteiger partial charge in [-0.3, -0.25) is 4.79 Å². The van der Waals surface area contributed by atoms with E-state index in [-0.39, 0.29) is 11.3 Å². The smallest absolute Gasteiger partial charge is 0.231 e. The fourth-order valence-corrected chi connectivity index (χ4v) is 5.26. The molecule has 4 saturated carbocycles. The first kappa shape index (κ1) is 12.5. The normalized spacial score (nSPS) is 37.9. The molecule has 5 heteroatoms. The predicted octanol–water partition coefficient (Wildman–Crippen LogP) is 3.29. The molecule has 20 heavy (non-hydrogen) atoms. The van der Waals surface area contributed by atoms with Crippen LogP contribution in [0.1, 0.15) is 38.5 Å². The van der Waals surface area contributed by atoms with E-state index < -0.39 is 0 Å². The van der Waals surface area contributed by atoms with Gasteiger partial charge in [-0.25, -0.2) is 4.98 Å². The Morgan fingerprint density at radius 3 is 2.40 bits per heavy atom. The van der Waals surface area contributed by atoms with Crippen LogP contribution in [-0.2, 0) is 4.79 Å². The number of aromatic nitrogens is 2. The van der Waals surface area contributed by atoms with E-state index in [0.717, 1.165) is 37.0 Å². The van der Waals surface area contributed by atoms with Gasteiger partial charge >= 0.3 is 0 Å². The van der Waals surface area contributed by atoms with Crippen molar-refractivity contribution in [3.63, 3.8) is 0 Å². The minimum atomic E-state index is -0.118. The molecule has 0 spiro atoms. The maximum Gasteiger partial charge on any atom is 0.231 e. The predicted molar refractivity (Wildman–Crippen MR) is 78.7 cm³/mol. The lowest BCUT2D eigenvalue weighted by Crippen LogP contribution is -2.51. The van der Waals surface area contributed by atoms with Crippen LogP contribution in [0.25, 0.3) is 0 Å². The first-order chi connectivity index (χ1) is 9.63. The summed E-state index contributed by atoms with van der Waals surface area (Å²) in [6.07, 6.45) is 8.93. The van der Waals surface area contributed by atoms with E-state index in [1.54, 1.807) is 12.3 Å². The zero-order valence-corrected chi connectivity index (χ0v) is 12.2. The van der Waals surface area contributed by atoms with Gasteiger partial charge in [0.2, 0.25) is 5.91 Å². The number of nitrogens with one attached hydrogen (secondary N) is 2. The van der Waals surface area contributed by atoms with Crippen molar-refractivity contribution in [3.05, 3.63) is 17.0 Å². The second kappa shape index (κ2) is 4.38. The average molecular weight is 289 g/mol. The lowest BCUT2D eigenvalue weighted by atomic mass is 9.49. The molecular formula is C15H19N3OS. The van der Waals surface area contributed by atoms with Crippen LogP contribution in [0.5, 0.6) is 0 Å². The highest BCUT2D eigenvalue weighted by Crippen LogP contribution is 2.60. The van der Waals surface area contributed by atoms with Gasteiger partial charge in [-0.2, -0.15) is 0 Å². The lowest BCUT2D eigenvalue weighted by Gasteiger charge is -2.55. The molecular weight excluding hydrogens is 270 g/mol. The zero-order chi connectivity index (χ0) is 13.7. The molecule has 1 aromatic heterocycles. The van der Waals surface area contributed by atoms with Crippen molar-refractivity contribution in [1.29, 1.82) is 0 Å². The third-order valence-corrected chi connectivity index (χ3v) is 5.65. The summed E-state index contributed by atoms with van der Waals surface area (Å²) in [6.45, 7) is 0. The molecule has 106 valence electrons. The monoisotopic (exact) mass is 289 g/mol. The van der Waals surface area contributed by atoms with Crippen molar-refractivity contribution >= 4 is 23.9 Å². The van der Waals surface area contributed by atoms with E-state index in [1.165, 1.54) is 19.3 Å². The van der Waals surface area contributed by atoms with Crippen molar-refractivity contribution in [1.82, 2.24) is 9.97 Å². The van der Waals surface area contributed by atoms with Crippen molar-refractivity contribution in [2.24, 2.45) is 23.2 Å². The van der Waals surface area contributed by atoms with Crippen LogP contribution in [0.3, 0.4) is 0 Å². The number of carbonyl (C=O) groups is 1. The molecule has 4 bridgehead atoms. The number of H-pyrrole nitrogens is 1. The molecule has 0 atom stereocenters. The fraction of sp³-hybridized carbons (Fsp3) is 0.667. The zero-order valence-electron chi connectivity index (χ0n) is 11.4. The molecule has 4 fully saturated rings. The highest BCUT2D eigenvalue weighted by atomic mass is 32.1. The molecule has 0 aliphatic heterocycles. The fourth-order valence-electron chi connectivity index (χ4n) is 5.09. The average Bonchev–Trinajstić information content (AvgIpc) is 2.37. The third-order valence-electron chi connectivity index (χ3n) is 5.44. The number of aromatic amines is 1. The molecule has 4 nitrogen and oxygen atoms in total. The quantitative estimate of drug-likeness (QED) is 0.821. The van der Waals surface area contributed by atoms with E-state index in [4.69, 9.17) is 12.2 Å². The van der Waals surface area contributed by atoms with Gasteiger partial charge in [0, 0.05) is 6.20 Å². The van der Waals surface area contributed by atoms with Gasteiger partial charge < -0.3 is 10.3 Å². The molecule has 4 aliphatic carbocycles. The van der Waals surface area contributed by atoms with Gasteiger partial charge in [0.05, 0.1) is 5.41 Å². The molecule has 0 aromatic carbocycles. The van der Waals surface area contributed by atoms with Gasteiger partial charge in [-0.1, -0.05) is 0 Å². The van der Waals surface area contributed by atoms with Crippen molar-refractivity contribution in [2.45, 2.75) is 38.5 Å². The summed E-state index contributed by atoms with van der Waals surface area (Å²) >= 11 is 5.00. The molecule has 1 aromatic rings. The Labute approximate surface area is 123 Å². The second-order valence-electron chi connectivity index (χ2n) is 6.94. The van der Waals surface area contributed by atoms with Crippen LogP contribution < -0.4 is 5.32 Å². The molecule has 0 radical (unpaired) electrons. The molecule has 4 aliphatic rings. The minimum Gasteiger partial charge on any atom is -0.317 e. The minimum absolute atomic E-state index is 0.118. The van der Waals surface area contributed by atoms with Gasteiger partial charge in [-0.15, -0.1) is 0 Å². The molecule has 2 N–H and O–H groups in total. The first-order valence-electron chi connectivity index (χ1n) is 7.50. The Morgan fingerprint density at radius 2 is 1.85 bits per heavy atom. The van der Waals surface area contributed by atoms with Crippen LogP contribution >= 0.6 is 12.2 Å². The maximum absolute atomic E-state index is 12.8. The number of nitrogens with zero attached hydrogens (tertiary/aromatic N) is 1. The van der Waals surface area contributed by atoms with E-state index in [2.05, 4.69) is 15.3 Å². The SMILES string of the molecule is O=C(Nc1ccnc(=S)[nH]1)C12CC3CC(CC(C3)C1)C2. The summed E-state index contributed by atoms with van der Waals surface area (Å²) in [5, 5.41) is 3.04. The molecule has 0 saturated heterocycles. The highest BCUT2D eigenvalue weighted by Gasteiger charge is 2.54. The second-order valence-corrected chi connectivity index (χ2v) is 7.33. The Bertz CT molecular complexity index is 574. The van der Waals surface area contributed by atoms with Crippen LogP contribution in [0.2, 0.25) is 0 Å². The van der Waals surface area contributed by atoms with E-state index >= 15 is 0 Å². The lowest BCUT2D eigenvalue weighted by molar-refractivity contribution is -0.140. The van der Waals surface area contributed by atoms with Crippen LogP contribution in [-0.4, -0.2) is 15.9 Å². The Morgan fingerprint density at radius 1 is 1.25 bits per heavy atom. The van der Waals surface area contributed by atoms with Crippen molar-refractivity contribution in [3.8, 4) is 0 Å². The van der Waals surface area contributed by atoms with Crippen LogP contribution in [0, 0.1) is 27.9 Å². The molecule has 1 amide bonds. The number of carbonyl (C=O) groups excluding carboxylic acids is 1. The maximum atomic E-state index is 12.8. The molecule has 0 unspecified atom stereocenters. The summed E-state index contributed by atoms with van der Waals surface area (Å²) in [5.74, 6) is 3.20. The van der Waals surface area contributed by atoms with Gasteiger partial charge in [0.25, 0.3) is 0 Å². The topological polar surface area (TPSA) is 57.8 Å². The van der Waals surface area contributed by atoms with Gasteiger partial charge in [-0.05, 0) is 74.6 Å². The van der Waals surface area contributed by atoms with Crippen LogP contribution in [0.4, 0.5) is 5.82 Å². The largest absolute Gasteiger partial charge is 0.317 e. The number of amides is 1. The third kappa shape index (κ3) is 1.99. The molecule has 5 rings (SSSR count). The summed E-state index contributed by atoms with van der Waals surface area (Å²) in [7, 11) is 0. The standard InChI is InChI=1S/C15H19N3OS/c19-13(17-12-1-2-16-14(20)18-12)15-6-9-3-10(7-15)5-11(4-9)8-15/h1-2,9-11H,3-8H2,(H2,16,17,18,19,20). The van der Waals surface area contributed by atoms with Crippen molar-refractivity contribution in [2.75, 3.05) is 5.32 Å². The summed E-state index contributed by atoms with van der Waals surface area (Å²) in [4.78, 5) is 19.7. The van der Waals surface area contributed by atoms with Crippen LogP contribution in [0.15, 0.2) is 12.3 Å². The van der Waals surface area contributed by atoms with Gasteiger partial charge in [0.1, 0.15) is 5.82 Å². The first-order valence-corrected chi connectivity index (χ1v) is 7.91. The number of hydrogen-bond donors (Lipinski definition) is 2. The van der Waals surface area contributed by atoms with E-state index in [9.17, 15) is 4.79 Å². The Balaban J connectivity index is 1.58. The van der Waals surface area contributed by atoms with Crippen molar-refractivity contribution < 1.29 is 4.79 Å². The molecule has 1 heterocycles. The summed E-state index contributed by atoms with van der Waals surface area (Å²) < 4.78 is 0.410. The number of anilines is 1. The summed E-state index contributed by atoms with van der Waals surface area (Å²) in [6, 6.07) is 1.77. The number of rotatable bonds is 2. The highest BCUT2D eigenvalue weighted by molar-refractivity contribution is 7.71. The van der Waals surface area contributed by atoms with Gasteiger partial charge in [0.15, 0.2) is 4.77 Å². The summed E-state index contributed by atoms with van der Waals surface area (Å²) in [5.41, 5.74) is -0.118.